The van der Waals surface area contributed by atoms with Crippen LogP contribution in [0.15, 0.2) is 70.1 Å². The van der Waals surface area contributed by atoms with Gasteiger partial charge in [-0.3, -0.25) is 4.79 Å². The zero-order chi connectivity index (χ0) is 21.0. The topological polar surface area (TPSA) is 92.5 Å². The van der Waals surface area contributed by atoms with Gasteiger partial charge in [0.1, 0.15) is 0 Å². The fraction of sp³-hybridized carbons (Fsp3) is 0.273. The van der Waals surface area contributed by atoms with Crippen molar-refractivity contribution in [3.63, 3.8) is 0 Å². The molecule has 4 rings (SSSR count). The summed E-state index contributed by atoms with van der Waals surface area (Å²) < 4.78 is 32.3. The first-order valence-electron chi connectivity index (χ1n) is 9.92. The molecule has 1 aromatic heterocycles. The van der Waals surface area contributed by atoms with Gasteiger partial charge in [0.15, 0.2) is 11.7 Å². The van der Waals surface area contributed by atoms with Crippen LogP contribution in [0.5, 0.6) is 0 Å². The Morgan fingerprint density at radius 3 is 2.43 bits per heavy atom. The number of carbonyl (C=O) groups is 1. The van der Waals surface area contributed by atoms with E-state index < -0.39 is 10.0 Å². The van der Waals surface area contributed by atoms with E-state index in [9.17, 15) is 13.2 Å². The van der Waals surface area contributed by atoms with Crippen LogP contribution in [0, 0.1) is 0 Å². The number of aromatic nitrogens is 1. The third-order valence-electron chi connectivity index (χ3n) is 5.02. The normalized spacial score (nSPS) is 14.7. The Balaban J connectivity index is 1.32. The van der Waals surface area contributed by atoms with E-state index in [1.807, 2.05) is 30.3 Å². The van der Waals surface area contributed by atoms with E-state index in [1.165, 1.54) is 16.4 Å². The van der Waals surface area contributed by atoms with Crippen LogP contribution in [0.2, 0.25) is 0 Å². The van der Waals surface area contributed by atoms with Crippen molar-refractivity contribution in [1.29, 1.82) is 0 Å². The van der Waals surface area contributed by atoms with Crippen LogP contribution in [0.1, 0.15) is 25.2 Å². The van der Waals surface area contributed by atoms with Gasteiger partial charge in [0.25, 0.3) is 0 Å². The molecule has 0 spiro atoms. The Bertz CT molecular complexity index is 1100. The third kappa shape index (κ3) is 4.60. The standard InChI is InChI=1S/C22H23N3O4S/c26-21(12-13-22-23-16-20(29-22)17-6-2-1-3-7-17)24-18-8-10-19(11-9-18)30(27,28)25-14-4-5-15-25/h1-3,6-11,16H,4-5,12-15H2,(H,24,26). The second-order valence-electron chi connectivity index (χ2n) is 7.17. The number of aryl methyl sites for hydroxylation is 1. The average molecular weight is 426 g/mol. The summed E-state index contributed by atoms with van der Waals surface area (Å²) in [5.41, 5.74) is 1.49. The Labute approximate surface area is 175 Å². The van der Waals surface area contributed by atoms with Crippen molar-refractivity contribution in [2.75, 3.05) is 18.4 Å². The number of oxazole rings is 1. The highest BCUT2D eigenvalue weighted by atomic mass is 32.2. The summed E-state index contributed by atoms with van der Waals surface area (Å²) in [6.45, 7) is 1.13. The van der Waals surface area contributed by atoms with Gasteiger partial charge in [-0.15, -0.1) is 0 Å². The van der Waals surface area contributed by atoms with Crippen LogP contribution in [0.25, 0.3) is 11.3 Å². The van der Waals surface area contributed by atoms with E-state index in [1.54, 1.807) is 18.3 Å². The molecule has 156 valence electrons. The molecule has 0 saturated carbocycles. The second-order valence-corrected chi connectivity index (χ2v) is 9.11. The highest BCUT2D eigenvalue weighted by Crippen LogP contribution is 2.23. The predicted molar refractivity (Wildman–Crippen MR) is 113 cm³/mol. The lowest BCUT2D eigenvalue weighted by molar-refractivity contribution is -0.116. The minimum atomic E-state index is -3.45. The molecule has 1 aliphatic heterocycles. The number of nitrogens with zero attached hydrogens (tertiary/aromatic N) is 2. The Kier molecular flexibility index (Phi) is 5.96. The van der Waals surface area contributed by atoms with E-state index in [0.717, 1.165) is 18.4 Å². The van der Waals surface area contributed by atoms with Gasteiger partial charge in [0.05, 0.1) is 11.1 Å². The summed E-state index contributed by atoms with van der Waals surface area (Å²) in [6, 6.07) is 15.9. The van der Waals surface area contributed by atoms with E-state index >= 15 is 0 Å². The number of hydrogen-bond donors (Lipinski definition) is 1. The van der Waals surface area contributed by atoms with Crippen molar-refractivity contribution in [2.24, 2.45) is 0 Å². The van der Waals surface area contributed by atoms with E-state index in [2.05, 4.69) is 10.3 Å². The summed E-state index contributed by atoms with van der Waals surface area (Å²) in [4.78, 5) is 16.7. The first kappa shape index (κ1) is 20.3. The van der Waals surface area contributed by atoms with E-state index in [4.69, 9.17) is 4.42 Å². The summed E-state index contributed by atoms with van der Waals surface area (Å²) in [6.07, 6.45) is 4.03. The van der Waals surface area contributed by atoms with Crippen LogP contribution in [-0.4, -0.2) is 36.7 Å². The molecule has 1 saturated heterocycles. The van der Waals surface area contributed by atoms with Gasteiger partial charge in [0, 0.05) is 37.2 Å². The van der Waals surface area contributed by atoms with Crippen molar-refractivity contribution >= 4 is 21.6 Å². The van der Waals surface area contributed by atoms with Gasteiger partial charge in [-0.2, -0.15) is 4.31 Å². The quantitative estimate of drug-likeness (QED) is 0.623. The fourth-order valence-electron chi connectivity index (χ4n) is 3.39. The number of amides is 1. The molecule has 1 fully saturated rings. The number of benzene rings is 2. The number of hydrogen-bond acceptors (Lipinski definition) is 5. The van der Waals surface area contributed by atoms with Gasteiger partial charge in [-0.25, -0.2) is 13.4 Å². The van der Waals surface area contributed by atoms with Crippen molar-refractivity contribution in [2.45, 2.75) is 30.6 Å². The second kappa shape index (κ2) is 8.81. The highest BCUT2D eigenvalue weighted by molar-refractivity contribution is 7.89. The van der Waals surface area contributed by atoms with Crippen molar-refractivity contribution in [3.8, 4) is 11.3 Å². The fourth-order valence-corrected chi connectivity index (χ4v) is 4.91. The van der Waals surface area contributed by atoms with E-state index in [-0.39, 0.29) is 17.2 Å². The maximum atomic E-state index is 12.6. The Morgan fingerprint density at radius 2 is 1.73 bits per heavy atom. The maximum Gasteiger partial charge on any atom is 0.243 e. The molecule has 0 bridgehead atoms. The highest BCUT2D eigenvalue weighted by Gasteiger charge is 2.26. The van der Waals surface area contributed by atoms with Crippen LogP contribution >= 0.6 is 0 Å². The molecular weight excluding hydrogens is 402 g/mol. The molecule has 3 aromatic rings. The number of rotatable bonds is 7. The van der Waals surface area contributed by atoms with Gasteiger partial charge >= 0.3 is 0 Å². The third-order valence-corrected chi connectivity index (χ3v) is 6.93. The SMILES string of the molecule is O=C(CCc1ncc(-c2ccccc2)o1)Nc1ccc(S(=O)(=O)N2CCCC2)cc1. The minimum absolute atomic E-state index is 0.190. The lowest BCUT2D eigenvalue weighted by Crippen LogP contribution is -2.27. The van der Waals surface area contributed by atoms with Gasteiger partial charge in [0.2, 0.25) is 15.9 Å². The van der Waals surface area contributed by atoms with Crippen molar-refractivity contribution in [1.82, 2.24) is 9.29 Å². The van der Waals surface area contributed by atoms with Crippen molar-refractivity contribution in [3.05, 3.63) is 66.7 Å². The van der Waals surface area contributed by atoms with Crippen LogP contribution < -0.4 is 5.32 Å². The van der Waals surface area contributed by atoms with Crippen molar-refractivity contribution < 1.29 is 17.6 Å². The summed E-state index contributed by atoms with van der Waals surface area (Å²) in [7, 11) is -3.45. The molecule has 8 heteroatoms. The number of carbonyl (C=O) groups excluding carboxylic acids is 1. The number of anilines is 1. The van der Waals surface area contributed by atoms with Gasteiger partial charge in [-0.05, 0) is 37.1 Å². The Hall–Kier alpha value is -2.97. The minimum Gasteiger partial charge on any atom is -0.441 e. The predicted octanol–water partition coefficient (Wildman–Crippen LogP) is 3.70. The molecule has 0 radical (unpaired) electrons. The molecule has 0 aliphatic carbocycles. The first-order chi connectivity index (χ1) is 14.5. The van der Waals surface area contributed by atoms with Gasteiger partial charge < -0.3 is 9.73 Å². The molecule has 2 aromatic carbocycles. The molecule has 7 nitrogen and oxygen atoms in total. The molecule has 1 amide bonds. The molecule has 0 unspecified atom stereocenters. The molecule has 1 aliphatic rings. The molecule has 2 heterocycles. The zero-order valence-electron chi connectivity index (χ0n) is 16.5. The molecule has 1 N–H and O–H groups in total. The molecule has 30 heavy (non-hydrogen) atoms. The summed E-state index contributed by atoms with van der Waals surface area (Å²) in [5, 5.41) is 2.78. The van der Waals surface area contributed by atoms with Gasteiger partial charge in [-0.1, -0.05) is 30.3 Å². The van der Waals surface area contributed by atoms with Crippen LogP contribution in [-0.2, 0) is 21.2 Å². The Morgan fingerprint density at radius 1 is 1.03 bits per heavy atom. The van der Waals surface area contributed by atoms with Crippen LogP contribution in [0.3, 0.4) is 0 Å². The zero-order valence-corrected chi connectivity index (χ0v) is 17.3. The lowest BCUT2D eigenvalue weighted by atomic mass is 10.2. The maximum absolute atomic E-state index is 12.6. The number of nitrogens with one attached hydrogen (secondary N) is 1. The largest absolute Gasteiger partial charge is 0.441 e. The summed E-state index contributed by atoms with van der Waals surface area (Å²) >= 11 is 0. The van der Waals surface area contributed by atoms with Crippen LogP contribution in [0.4, 0.5) is 5.69 Å². The number of sulfonamides is 1. The molecule has 0 atom stereocenters. The monoisotopic (exact) mass is 425 g/mol. The first-order valence-corrected chi connectivity index (χ1v) is 11.4. The smallest absolute Gasteiger partial charge is 0.243 e. The summed E-state index contributed by atoms with van der Waals surface area (Å²) in [5.74, 6) is 0.974. The lowest BCUT2D eigenvalue weighted by Gasteiger charge is -2.15. The average Bonchev–Trinajstić information content (AvgIpc) is 3.46. The van der Waals surface area contributed by atoms with E-state index in [0.29, 0.717) is 36.8 Å². The molecular formula is C22H23N3O4S.